The van der Waals surface area contributed by atoms with Gasteiger partial charge < -0.3 is 18.3 Å². The van der Waals surface area contributed by atoms with Gasteiger partial charge in [-0.2, -0.15) is 0 Å². The summed E-state index contributed by atoms with van der Waals surface area (Å²) in [7, 11) is 0. The molecule has 9 heteroatoms. The third kappa shape index (κ3) is 3.27. The zero-order chi connectivity index (χ0) is 18.7. The average molecular weight is 359 g/mol. The summed E-state index contributed by atoms with van der Waals surface area (Å²) in [6.07, 6.45) is 0. The van der Waals surface area contributed by atoms with Crippen molar-refractivity contribution in [1.29, 1.82) is 0 Å². The molecular weight excluding hydrogens is 346 g/mol. The Kier molecular flexibility index (Phi) is 4.70. The van der Waals surface area contributed by atoms with Gasteiger partial charge in [-0.25, -0.2) is 9.59 Å². The molecule has 9 nitrogen and oxygen atoms in total. The molecule has 0 N–H and O–H groups in total. The largest absolute Gasteiger partial charge is 0.460 e. The van der Waals surface area contributed by atoms with Crippen LogP contribution in [0.15, 0.2) is 45.2 Å². The minimum atomic E-state index is -0.904. The normalized spacial score (nSPS) is 10.7. The first-order valence-corrected chi connectivity index (χ1v) is 7.60. The molecule has 3 rings (SSSR count). The molecule has 134 valence electrons. The number of ether oxygens (including phenoxy) is 2. The number of esters is 2. The number of hydrogen-bond donors (Lipinski definition) is 0. The molecule has 0 amide bonds. The second kappa shape index (κ2) is 7.09. The first-order valence-electron chi connectivity index (χ1n) is 7.60. The number of benzene rings is 1. The maximum atomic E-state index is 12.1. The van der Waals surface area contributed by atoms with E-state index in [1.54, 1.807) is 31.2 Å². The number of fused-ring (bicyclic) bond motifs is 1. The highest BCUT2D eigenvalue weighted by molar-refractivity contribution is 5.96. The molecule has 0 unspecified atom stereocenters. The van der Waals surface area contributed by atoms with Crippen LogP contribution in [0.4, 0.5) is 5.88 Å². The van der Waals surface area contributed by atoms with Crippen LogP contribution in [0.25, 0.3) is 11.0 Å². The molecule has 26 heavy (non-hydrogen) atoms. The van der Waals surface area contributed by atoms with E-state index in [0.717, 1.165) is 12.1 Å². The maximum absolute atomic E-state index is 12.1. The van der Waals surface area contributed by atoms with Crippen molar-refractivity contribution < 1.29 is 32.8 Å². The summed E-state index contributed by atoms with van der Waals surface area (Å²) < 4.78 is 20.4. The Bertz CT molecular complexity index is 984. The van der Waals surface area contributed by atoms with Gasteiger partial charge >= 0.3 is 17.8 Å². The Hall–Kier alpha value is -3.62. The summed E-state index contributed by atoms with van der Waals surface area (Å²) in [5, 5.41) is 11.2. The number of carbonyl (C=O) groups is 2. The number of nitrogens with zero attached hydrogens (tertiary/aromatic N) is 1. The fraction of sp³-hybridized carbons (Fsp3) is 0.176. The van der Waals surface area contributed by atoms with Gasteiger partial charge in [-0.15, -0.1) is 0 Å². The van der Waals surface area contributed by atoms with Crippen molar-refractivity contribution in [3.63, 3.8) is 0 Å². The molecule has 0 bridgehead atoms. The van der Waals surface area contributed by atoms with E-state index in [9.17, 15) is 19.7 Å². The van der Waals surface area contributed by atoms with Gasteiger partial charge in [0.2, 0.25) is 11.5 Å². The van der Waals surface area contributed by atoms with Gasteiger partial charge in [0.15, 0.2) is 0 Å². The van der Waals surface area contributed by atoms with Crippen LogP contribution in [0.1, 0.15) is 33.6 Å². The summed E-state index contributed by atoms with van der Waals surface area (Å²) in [4.78, 5) is 34.0. The Morgan fingerprint density at radius 2 is 1.85 bits per heavy atom. The van der Waals surface area contributed by atoms with Crippen LogP contribution < -0.4 is 0 Å². The van der Waals surface area contributed by atoms with E-state index in [1.165, 1.54) is 0 Å². The fourth-order valence-corrected chi connectivity index (χ4v) is 2.35. The number of carbonyl (C=O) groups excluding carboxylic acids is 2. The van der Waals surface area contributed by atoms with Crippen molar-refractivity contribution in [2.75, 3.05) is 6.61 Å². The fourth-order valence-electron chi connectivity index (χ4n) is 2.35. The topological polar surface area (TPSA) is 122 Å². The smallest absolute Gasteiger partial charge is 0.433 e. The van der Waals surface area contributed by atoms with Crippen LogP contribution in [0.5, 0.6) is 0 Å². The lowest BCUT2D eigenvalue weighted by atomic mass is 10.1. The Balaban J connectivity index is 1.85. The quantitative estimate of drug-likeness (QED) is 0.372. The SMILES string of the molecule is CCOC(=O)c1oc2ccccc2c1COC(=O)c1ccc([N+](=O)[O-])o1. The first-order chi connectivity index (χ1) is 12.5. The first kappa shape index (κ1) is 17.2. The zero-order valence-electron chi connectivity index (χ0n) is 13.6. The summed E-state index contributed by atoms with van der Waals surface area (Å²) in [5.41, 5.74) is 0.781. The van der Waals surface area contributed by atoms with Crippen LogP contribution >= 0.6 is 0 Å². The predicted molar refractivity (Wildman–Crippen MR) is 86.7 cm³/mol. The van der Waals surface area contributed by atoms with E-state index >= 15 is 0 Å². The van der Waals surface area contributed by atoms with Gasteiger partial charge in [-0.05, 0) is 19.1 Å². The van der Waals surface area contributed by atoms with Gasteiger partial charge in [-0.1, -0.05) is 18.2 Å². The van der Waals surface area contributed by atoms with Crippen molar-refractivity contribution in [3.8, 4) is 0 Å². The van der Waals surface area contributed by atoms with E-state index in [-0.39, 0.29) is 24.7 Å². The second-order valence-corrected chi connectivity index (χ2v) is 5.10. The second-order valence-electron chi connectivity index (χ2n) is 5.10. The Morgan fingerprint density at radius 1 is 1.08 bits per heavy atom. The van der Waals surface area contributed by atoms with E-state index < -0.39 is 22.7 Å². The standard InChI is InChI=1S/C17H13NO8/c1-2-23-17(20)15-11(10-5-3-4-6-12(10)26-15)9-24-16(19)13-7-8-14(25-13)18(21)22/h3-8H,2,9H2,1H3. The molecule has 2 heterocycles. The van der Waals surface area contributed by atoms with E-state index in [4.69, 9.17) is 18.3 Å². The van der Waals surface area contributed by atoms with Crippen LogP contribution in [0.3, 0.4) is 0 Å². The van der Waals surface area contributed by atoms with E-state index in [1.807, 2.05) is 0 Å². The number of hydrogen-bond acceptors (Lipinski definition) is 8. The molecule has 0 atom stereocenters. The highest BCUT2D eigenvalue weighted by atomic mass is 16.7. The predicted octanol–water partition coefficient (Wildman–Crippen LogP) is 3.47. The van der Waals surface area contributed by atoms with Crippen molar-refractivity contribution in [3.05, 3.63) is 63.6 Å². The molecule has 0 fully saturated rings. The molecular formula is C17H13NO8. The van der Waals surface area contributed by atoms with Crippen LogP contribution in [0, 0.1) is 10.1 Å². The summed E-state index contributed by atoms with van der Waals surface area (Å²) in [5.74, 6) is -2.53. The minimum Gasteiger partial charge on any atom is -0.460 e. The third-order valence-electron chi connectivity index (χ3n) is 3.48. The van der Waals surface area contributed by atoms with Crippen molar-refractivity contribution in [2.45, 2.75) is 13.5 Å². The van der Waals surface area contributed by atoms with Gasteiger partial charge in [0.05, 0.1) is 18.2 Å². The molecule has 0 saturated carbocycles. The number of para-hydroxylation sites is 1. The molecule has 0 aliphatic heterocycles. The van der Waals surface area contributed by atoms with Crippen LogP contribution in [0.2, 0.25) is 0 Å². The number of nitro groups is 1. The maximum Gasteiger partial charge on any atom is 0.433 e. The molecule has 3 aromatic rings. The monoisotopic (exact) mass is 359 g/mol. The van der Waals surface area contributed by atoms with E-state index in [0.29, 0.717) is 16.5 Å². The van der Waals surface area contributed by atoms with Gasteiger partial charge in [0.25, 0.3) is 0 Å². The minimum absolute atomic E-state index is 0.0636. The van der Waals surface area contributed by atoms with E-state index in [2.05, 4.69) is 0 Å². The lowest BCUT2D eigenvalue weighted by molar-refractivity contribution is -0.402. The molecule has 0 radical (unpaired) electrons. The highest BCUT2D eigenvalue weighted by Gasteiger charge is 2.24. The summed E-state index contributed by atoms with van der Waals surface area (Å²) in [6.45, 7) is 1.52. The molecule has 0 saturated heterocycles. The van der Waals surface area contributed by atoms with Crippen molar-refractivity contribution in [2.24, 2.45) is 0 Å². The lowest BCUT2D eigenvalue weighted by Gasteiger charge is -2.04. The van der Waals surface area contributed by atoms with Crippen molar-refractivity contribution >= 4 is 28.8 Å². The molecule has 2 aromatic heterocycles. The van der Waals surface area contributed by atoms with Crippen LogP contribution in [-0.2, 0) is 16.1 Å². The Morgan fingerprint density at radius 3 is 2.54 bits per heavy atom. The van der Waals surface area contributed by atoms with Gasteiger partial charge in [-0.3, -0.25) is 10.1 Å². The zero-order valence-corrected chi connectivity index (χ0v) is 13.6. The van der Waals surface area contributed by atoms with Crippen molar-refractivity contribution in [1.82, 2.24) is 0 Å². The lowest BCUT2D eigenvalue weighted by Crippen LogP contribution is -2.09. The summed E-state index contributed by atoms with van der Waals surface area (Å²) >= 11 is 0. The molecule has 0 aliphatic carbocycles. The van der Waals surface area contributed by atoms with Crippen LogP contribution in [-0.4, -0.2) is 23.5 Å². The summed E-state index contributed by atoms with van der Waals surface area (Å²) in [6, 6.07) is 9.04. The molecule has 1 aromatic carbocycles. The molecule has 0 spiro atoms. The third-order valence-corrected chi connectivity index (χ3v) is 3.48. The highest BCUT2D eigenvalue weighted by Crippen LogP contribution is 2.28. The molecule has 0 aliphatic rings. The van der Waals surface area contributed by atoms with Gasteiger partial charge in [0, 0.05) is 5.39 Å². The number of rotatable bonds is 6. The average Bonchev–Trinajstić information content (AvgIpc) is 3.25. The van der Waals surface area contributed by atoms with Gasteiger partial charge in [0.1, 0.15) is 17.1 Å². The Labute approximate surface area is 146 Å². The number of furan rings is 2.